The monoisotopic (exact) mass is 347 g/mol. The molecule has 0 amide bonds. The minimum Gasteiger partial charge on any atom is -0.497 e. The summed E-state index contributed by atoms with van der Waals surface area (Å²) in [6.07, 6.45) is 7.97. The number of hydrogen-bond donors (Lipinski definition) is 2. The Hall–Kier alpha value is -1.75. The van der Waals surface area contributed by atoms with Crippen molar-refractivity contribution in [3.05, 3.63) is 29.3 Å². The van der Waals surface area contributed by atoms with Gasteiger partial charge in [-0.25, -0.2) is 0 Å². The molecule has 0 radical (unpaired) electrons. The normalized spacial score (nSPS) is 15.9. The number of benzene rings is 1. The molecule has 2 rings (SSSR count). The van der Waals surface area contributed by atoms with Crippen LogP contribution in [0.15, 0.2) is 23.2 Å². The fraction of sp³-hybridized carbons (Fsp3) is 0.650. The first-order valence-corrected chi connectivity index (χ1v) is 9.42. The first-order valence-electron chi connectivity index (χ1n) is 9.42. The Kier molecular flexibility index (Phi) is 8.60. The molecule has 0 atom stereocenters. The third-order valence-corrected chi connectivity index (χ3v) is 4.55. The predicted molar refractivity (Wildman–Crippen MR) is 103 cm³/mol. The van der Waals surface area contributed by atoms with Gasteiger partial charge in [-0.1, -0.05) is 25.3 Å². The second-order valence-corrected chi connectivity index (χ2v) is 6.70. The number of nitrogens with one attached hydrogen (secondary N) is 2. The summed E-state index contributed by atoms with van der Waals surface area (Å²) in [5.74, 6) is 1.71. The van der Waals surface area contributed by atoms with Gasteiger partial charge in [-0.05, 0) is 49.4 Å². The van der Waals surface area contributed by atoms with E-state index in [2.05, 4.69) is 28.6 Å². The molecule has 1 aliphatic rings. The molecule has 0 saturated heterocycles. The van der Waals surface area contributed by atoms with E-state index >= 15 is 0 Å². The van der Waals surface area contributed by atoms with Gasteiger partial charge in [-0.2, -0.15) is 0 Å². The maximum absolute atomic E-state index is 5.95. The minimum absolute atomic E-state index is 0.488. The van der Waals surface area contributed by atoms with Crippen molar-refractivity contribution in [1.82, 2.24) is 10.6 Å². The second-order valence-electron chi connectivity index (χ2n) is 6.70. The Morgan fingerprint density at radius 3 is 2.68 bits per heavy atom. The molecule has 1 aromatic carbocycles. The van der Waals surface area contributed by atoms with Crippen LogP contribution in [-0.4, -0.2) is 39.4 Å². The molecule has 0 aromatic heterocycles. The molecule has 1 fully saturated rings. The van der Waals surface area contributed by atoms with Crippen LogP contribution < -0.4 is 15.4 Å². The average molecular weight is 348 g/mol. The van der Waals surface area contributed by atoms with Crippen molar-refractivity contribution < 1.29 is 9.47 Å². The van der Waals surface area contributed by atoms with Gasteiger partial charge in [0, 0.05) is 26.7 Å². The van der Waals surface area contributed by atoms with Crippen molar-refractivity contribution in [3.63, 3.8) is 0 Å². The van der Waals surface area contributed by atoms with Crippen LogP contribution in [0.4, 0.5) is 0 Å². The highest BCUT2D eigenvalue weighted by atomic mass is 16.5. The molecule has 25 heavy (non-hydrogen) atoms. The molecule has 0 unspecified atom stereocenters. The molecular formula is C20H33N3O2. The van der Waals surface area contributed by atoms with E-state index in [0.29, 0.717) is 6.10 Å². The molecule has 0 spiro atoms. The summed E-state index contributed by atoms with van der Waals surface area (Å²) in [7, 11) is 3.49. The second kappa shape index (κ2) is 11.0. The predicted octanol–water partition coefficient (Wildman–Crippen LogP) is 3.41. The molecule has 0 heterocycles. The Morgan fingerprint density at radius 1 is 1.16 bits per heavy atom. The zero-order chi connectivity index (χ0) is 17.9. The summed E-state index contributed by atoms with van der Waals surface area (Å²) >= 11 is 0. The van der Waals surface area contributed by atoms with Gasteiger partial charge in [0.15, 0.2) is 5.96 Å². The Balaban J connectivity index is 1.64. The lowest BCUT2D eigenvalue weighted by Gasteiger charge is -2.22. The lowest BCUT2D eigenvalue weighted by atomic mass is 9.98. The van der Waals surface area contributed by atoms with Crippen LogP contribution >= 0.6 is 0 Å². The van der Waals surface area contributed by atoms with Crippen LogP contribution in [0, 0.1) is 6.92 Å². The van der Waals surface area contributed by atoms with E-state index in [1.54, 1.807) is 14.2 Å². The van der Waals surface area contributed by atoms with Gasteiger partial charge >= 0.3 is 0 Å². The number of ether oxygens (including phenoxy) is 2. The number of methoxy groups -OCH3 is 1. The molecular weight excluding hydrogens is 314 g/mol. The zero-order valence-electron chi connectivity index (χ0n) is 15.9. The van der Waals surface area contributed by atoms with Gasteiger partial charge in [-0.3, -0.25) is 4.99 Å². The summed E-state index contributed by atoms with van der Waals surface area (Å²) in [5, 5.41) is 6.70. The van der Waals surface area contributed by atoms with Crippen molar-refractivity contribution in [2.75, 3.05) is 27.3 Å². The Morgan fingerprint density at radius 2 is 1.96 bits per heavy atom. The molecule has 0 bridgehead atoms. The van der Waals surface area contributed by atoms with E-state index in [0.717, 1.165) is 37.8 Å². The van der Waals surface area contributed by atoms with Crippen molar-refractivity contribution in [1.29, 1.82) is 0 Å². The van der Waals surface area contributed by atoms with Crippen LogP contribution in [-0.2, 0) is 11.3 Å². The highest BCUT2D eigenvalue weighted by Gasteiger charge is 2.12. The lowest BCUT2D eigenvalue weighted by molar-refractivity contribution is 0.0277. The van der Waals surface area contributed by atoms with Crippen molar-refractivity contribution >= 4 is 5.96 Å². The first kappa shape index (κ1) is 19.6. The van der Waals surface area contributed by atoms with Crippen molar-refractivity contribution in [3.8, 4) is 5.75 Å². The van der Waals surface area contributed by atoms with Crippen LogP contribution in [0.25, 0.3) is 0 Å². The van der Waals surface area contributed by atoms with Gasteiger partial charge in [0.1, 0.15) is 5.75 Å². The van der Waals surface area contributed by atoms with Crippen LogP contribution in [0.2, 0.25) is 0 Å². The molecule has 1 saturated carbocycles. The molecule has 0 aliphatic heterocycles. The maximum atomic E-state index is 5.95. The number of guanidine groups is 1. The maximum Gasteiger partial charge on any atom is 0.191 e. The summed E-state index contributed by atoms with van der Waals surface area (Å²) in [6, 6.07) is 6.23. The quantitative estimate of drug-likeness (QED) is 0.430. The topological polar surface area (TPSA) is 54.9 Å². The zero-order valence-corrected chi connectivity index (χ0v) is 15.9. The third kappa shape index (κ3) is 7.34. The summed E-state index contributed by atoms with van der Waals surface area (Å²) in [6.45, 7) is 4.48. The smallest absolute Gasteiger partial charge is 0.191 e. The number of nitrogens with zero attached hydrogens (tertiary/aromatic N) is 1. The molecule has 140 valence electrons. The number of rotatable bonds is 8. The molecule has 2 N–H and O–H groups in total. The van der Waals surface area contributed by atoms with Crippen LogP contribution in [0.1, 0.15) is 49.7 Å². The number of aliphatic imine (C=N–C) groups is 1. The van der Waals surface area contributed by atoms with E-state index in [1.807, 2.05) is 12.1 Å². The lowest BCUT2D eigenvalue weighted by Crippen LogP contribution is -2.37. The van der Waals surface area contributed by atoms with E-state index in [1.165, 1.54) is 43.2 Å². The average Bonchev–Trinajstić information content (AvgIpc) is 2.64. The van der Waals surface area contributed by atoms with Crippen molar-refractivity contribution in [2.45, 2.75) is 58.1 Å². The van der Waals surface area contributed by atoms with Gasteiger partial charge in [0.25, 0.3) is 0 Å². The Bertz CT molecular complexity index is 540. The molecule has 5 heteroatoms. The SMILES string of the molecule is CN=C(NCCCOC1CCCCC1)NCc1cc(C)cc(OC)c1. The van der Waals surface area contributed by atoms with Crippen LogP contribution in [0.3, 0.4) is 0 Å². The molecule has 1 aliphatic carbocycles. The highest BCUT2D eigenvalue weighted by Crippen LogP contribution is 2.20. The standard InChI is InChI=1S/C20H33N3O2/c1-16-12-17(14-19(13-16)24-3)15-23-20(21-2)22-10-7-11-25-18-8-5-4-6-9-18/h12-14,18H,4-11,15H2,1-3H3,(H2,21,22,23). The van der Waals surface area contributed by atoms with Crippen LogP contribution in [0.5, 0.6) is 5.75 Å². The fourth-order valence-electron chi connectivity index (χ4n) is 3.21. The van der Waals surface area contributed by atoms with Gasteiger partial charge in [0.05, 0.1) is 13.2 Å². The number of aryl methyl sites for hydroxylation is 1. The Labute approximate surface area is 152 Å². The fourth-order valence-corrected chi connectivity index (χ4v) is 3.21. The third-order valence-electron chi connectivity index (χ3n) is 4.55. The first-order chi connectivity index (χ1) is 12.2. The van der Waals surface area contributed by atoms with E-state index in [-0.39, 0.29) is 0 Å². The van der Waals surface area contributed by atoms with Crippen molar-refractivity contribution in [2.24, 2.45) is 4.99 Å². The minimum atomic E-state index is 0.488. The summed E-state index contributed by atoms with van der Waals surface area (Å²) in [5.41, 5.74) is 2.37. The molecule has 1 aromatic rings. The van der Waals surface area contributed by atoms with E-state index in [9.17, 15) is 0 Å². The van der Waals surface area contributed by atoms with Gasteiger partial charge < -0.3 is 20.1 Å². The number of hydrogen-bond acceptors (Lipinski definition) is 3. The van der Waals surface area contributed by atoms with Gasteiger partial charge in [0.2, 0.25) is 0 Å². The van der Waals surface area contributed by atoms with E-state index < -0.39 is 0 Å². The largest absolute Gasteiger partial charge is 0.497 e. The van der Waals surface area contributed by atoms with E-state index in [4.69, 9.17) is 9.47 Å². The highest BCUT2D eigenvalue weighted by molar-refractivity contribution is 5.79. The summed E-state index contributed by atoms with van der Waals surface area (Å²) < 4.78 is 11.3. The summed E-state index contributed by atoms with van der Waals surface area (Å²) in [4.78, 5) is 4.28. The van der Waals surface area contributed by atoms with Gasteiger partial charge in [-0.15, -0.1) is 0 Å². The molecule has 5 nitrogen and oxygen atoms in total.